The molecule has 0 saturated carbocycles. The quantitative estimate of drug-likeness (QED) is 0.152. The molecule has 1 aliphatic rings. The van der Waals surface area contributed by atoms with Crippen molar-refractivity contribution in [3.8, 4) is 0 Å². The van der Waals surface area contributed by atoms with Gasteiger partial charge in [0.25, 0.3) is 5.79 Å². The molecule has 5 atom stereocenters. The summed E-state index contributed by atoms with van der Waals surface area (Å²) in [6, 6.07) is 0. The number of aliphatic hydroxyl groups excluding tert-OH is 4. The van der Waals surface area contributed by atoms with Crippen LogP contribution in [-0.4, -0.2) is 74.3 Å². The molecule has 0 aromatic rings. The Morgan fingerprint density at radius 2 is 1.37 bits per heavy atom. The van der Waals surface area contributed by atoms with Gasteiger partial charge in [0.15, 0.2) is 0 Å². The first-order valence-corrected chi connectivity index (χ1v) is 11.1. The van der Waals surface area contributed by atoms with Gasteiger partial charge in [-0.2, -0.15) is 0 Å². The van der Waals surface area contributed by atoms with Gasteiger partial charge in [0.2, 0.25) is 0 Å². The van der Waals surface area contributed by atoms with Gasteiger partial charge in [0.05, 0.1) is 6.61 Å². The summed E-state index contributed by atoms with van der Waals surface area (Å²) in [7, 11) is 0. The topological polar surface area (TPSA) is 154 Å². The third-order valence-corrected chi connectivity index (χ3v) is 5.45. The van der Waals surface area contributed by atoms with Gasteiger partial charge in [0, 0.05) is 6.42 Å². The van der Waals surface area contributed by atoms with Gasteiger partial charge in [-0.05, 0) is 6.42 Å². The maximum atomic E-state index is 12.1. The maximum absolute atomic E-state index is 12.1. The molecule has 1 unspecified atom stereocenters. The van der Waals surface area contributed by atoms with Gasteiger partial charge in [-0.15, -0.1) is 0 Å². The fourth-order valence-electron chi connectivity index (χ4n) is 3.48. The summed E-state index contributed by atoms with van der Waals surface area (Å²) < 4.78 is 9.36. The van der Waals surface area contributed by atoms with Crippen molar-refractivity contribution in [3.63, 3.8) is 0 Å². The summed E-state index contributed by atoms with van der Waals surface area (Å²) >= 11 is 0. The van der Waals surface area contributed by atoms with Gasteiger partial charge in [-0.3, -0.25) is 4.79 Å². The highest BCUT2D eigenvalue weighted by atomic mass is 16.7. The Balaban J connectivity index is 2.24. The number of unbranched alkanes of at least 4 members (excludes halogenated alkanes) is 10. The first kappa shape index (κ1) is 26.9. The number of esters is 2. The van der Waals surface area contributed by atoms with Crippen molar-refractivity contribution in [1.82, 2.24) is 0 Å². The molecule has 1 rings (SSSR count). The minimum absolute atomic E-state index is 0.0382. The molecule has 176 valence electrons. The molecule has 0 aliphatic carbocycles. The van der Waals surface area contributed by atoms with Crippen molar-refractivity contribution in [2.45, 2.75) is 114 Å². The van der Waals surface area contributed by atoms with E-state index in [1.165, 1.54) is 38.5 Å². The summed E-state index contributed by atoms with van der Waals surface area (Å²) in [6.45, 7) is 1.37. The van der Waals surface area contributed by atoms with Gasteiger partial charge in [-0.1, -0.05) is 71.1 Å². The molecular weight excluding hydrogens is 396 g/mol. The van der Waals surface area contributed by atoms with Crippen LogP contribution in [0, 0.1) is 0 Å². The summed E-state index contributed by atoms with van der Waals surface area (Å²) in [5.41, 5.74) is 0. The highest BCUT2D eigenvalue weighted by molar-refractivity contribution is 5.90. The zero-order valence-electron chi connectivity index (χ0n) is 17.9. The van der Waals surface area contributed by atoms with E-state index in [0.29, 0.717) is 6.42 Å². The molecule has 0 aromatic carbocycles. The lowest BCUT2D eigenvalue weighted by Gasteiger charge is -2.43. The molecule has 9 heteroatoms. The number of ether oxygens (including phenoxy) is 2. The number of hydrogen-bond donors (Lipinski definition) is 5. The fourth-order valence-corrected chi connectivity index (χ4v) is 3.48. The normalized spacial score (nSPS) is 29.0. The number of hydrogen-bond acceptors (Lipinski definition) is 9. The smallest absolute Gasteiger partial charge is 0.377 e. The highest BCUT2D eigenvalue weighted by Gasteiger charge is 2.58. The maximum Gasteiger partial charge on any atom is 0.377 e. The molecule has 9 nitrogen and oxygen atoms in total. The Labute approximate surface area is 178 Å². The number of carbonyl (C=O) groups is 2. The van der Waals surface area contributed by atoms with Crippen LogP contribution in [-0.2, 0) is 19.1 Å². The van der Waals surface area contributed by atoms with Crippen molar-refractivity contribution in [3.05, 3.63) is 0 Å². The van der Waals surface area contributed by atoms with E-state index in [1.54, 1.807) is 0 Å². The van der Waals surface area contributed by atoms with Crippen molar-refractivity contribution in [1.29, 1.82) is 0 Å². The molecular formula is C21H38O9. The Kier molecular flexibility index (Phi) is 12.6. The Bertz CT molecular complexity index is 511. The van der Waals surface area contributed by atoms with Crippen molar-refractivity contribution >= 4 is 11.9 Å². The molecule has 0 bridgehead atoms. The monoisotopic (exact) mass is 434 g/mol. The van der Waals surface area contributed by atoms with E-state index in [0.717, 1.165) is 25.7 Å². The second-order valence-corrected chi connectivity index (χ2v) is 8.01. The van der Waals surface area contributed by atoms with E-state index in [-0.39, 0.29) is 6.42 Å². The Hall–Kier alpha value is -1.10. The molecule has 0 radical (unpaired) electrons. The van der Waals surface area contributed by atoms with Crippen LogP contribution in [0.2, 0.25) is 0 Å². The van der Waals surface area contributed by atoms with E-state index in [4.69, 9.17) is 9.84 Å². The zero-order chi connectivity index (χ0) is 22.6. The van der Waals surface area contributed by atoms with Crippen LogP contribution >= 0.6 is 0 Å². The summed E-state index contributed by atoms with van der Waals surface area (Å²) in [5, 5.41) is 48.6. The lowest BCUT2D eigenvalue weighted by atomic mass is 9.92. The van der Waals surface area contributed by atoms with Crippen molar-refractivity contribution < 1.29 is 44.6 Å². The fraction of sp³-hybridized carbons (Fsp3) is 0.905. The van der Waals surface area contributed by atoms with E-state index in [2.05, 4.69) is 11.7 Å². The minimum Gasteiger partial charge on any atom is -0.394 e. The largest absolute Gasteiger partial charge is 0.394 e. The van der Waals surface area contributed by atoms with Crippen LogP contribution in [0.3, 0.4) is 0 Å². The highest BCUT2D eigenvalue weighted by Crippen LogP contribution is 2.29. The van der Waals surface area contributed by atoms with Crippen LogP contribution in [0.15, 0.2) is 0 Å². The molecule has 0 amide bonds. The van der Waals surface area contributed by atoms with Crippen LogP contribution < -0.4 is 0 Å². The lowest BCUT2D eigenvalue weighted by molar-refractivity contribution is -0.338. The SMILES string of the molecule is CCCCCCCCCCCCCC(=O)OC(=O)C1(O)O[C@H](CO)[C@@H](O)[C@H](O)[C@H]1O. The molecule has 0 spiro atoms. The van der Waals surface area contributed by atoms with E-state index >= 15 is 0 Å². The molecule has 1 fully saturated rings. The molecule has 30 heavy (non-hydrogen) atoms. The second kappa shape index (κ2) is 14.1. The average molecular weight is 435 g/mol. The Morgan fingerprint density at radius 1 is 0.867 bits per heavy atom. The van der Waals surface area contributed by atoms with Gasteiger partial charge < -0.3 is 35.0 Å². The third-order valence-electron chi connectivity index (χ3n) is 5.45. The van der Waals surface area contributed by atoms with E-state index in [9.17, 15) is 30.0 Å². The van der Waals surface area contributed by atoms with Crippen molar-refractivity contribution in [2.24, 2.45) is 0 Å². The van der Waals surface area contributed by atoms with Gasteiger partial charge in [0.1, 0.15) is 24.4 Å². The molecule has 0 aromatic heterocycles. The van der Waals surface area contributed by atoms with E-state index < -0.39 is 48.7 Å². The minimum atomic E-state index is -3.06. The standard InChI is InChI=1S/C21H38O9/c1-2-3-4-5-6-7-8-9-10-11-12-13-16(23)29-20(27)21(28)19(26)18(25)17(24)15(14-22)30-21/h15,17-19,22,24-26,28H,2-14H2,1H3/t15-,17-,18+,19-,21?/m1/s1. The number of carbonyl (C=O) groups excluding carboxylic acids is 2. The molecule has 1 aliphatic heterocycles. The van der Waals surface area contributed by atoms with Crippen LogP contribution in [0.1, 0.15) is 84.0 Å². The lowest BCUT2D eigenvalue weighted by Crippen LogP contribution is -2.68. The number of rotatable bonds is 14. The first-order chi connectivity index (χ1) is 14.3. The number of aliphatic hydroxyl groups is 5. The summed E-state index contributed by atoms with van der Waals surface area (Å²) in [6.07, 6.45) is 4.68. The average Bonchev–Trinajstić information content (AvgIpc) is 2.73. The van der Waals surface area contributed by atoms with Crippen LogP contribution in [0.5, 0.6) is 0 Å². The van der Waals surface area contributed by atoms with Crippen LogP contribution in [0.4, 0.5) is 0 Å². The zero-order valence-corrected chi connectivity index (χ0v) is 17.9. The molecule has 1 saturated heterocycles. The predicted molar refractivity (Wildman–Crippen MR) is 107 cm³/mol. The second-order valence-electron chi connectivity index (χ2n) is 8.01. The third kappa shape index (κ3) is 8.20. The summed E-state index contributed by atoms with van der Waals surface area (Å²) in [5.74, 6) is -5.53. The van der Waals surface area contributed by atoms with Gasteiger partial charge >= 0.3 is 11.9 Å². The predicted octanol–water partition coefficient (Wildman–Crippen LogP) is 0.920. The molecule has 1 heterocycles. The van der Waals surface area contributed by atoms with Crippen LogP contribution in [0.25, 0.3) is 0 Å². The summed E-state index contributed by atoms with van der Waals surface area (Å²) in [4.78, 5) is 24.0. The van der Waals surface area contributed by atoms with Gasteiger partial charge in [-0.25, -0.2) is 4.79 Å². The molecule has 5 N–H and O–H groups in total. The Morgan fingerprint density at radius 3 is 1.87 bits per heavy atom. The van der Waals surface area contributed by atoms with E-state index in [1.807, 2.05) is 0 Å². The van der Waals surface area contributed by atoms with Crippen molar-refractivity contribution in [2.75, 3.05) is 6.61 Å². The first-order valence-electron chi connectivity index (χ1n) is 11.1.